The fourth-order valence-electron chi connectivity index (χ4n) is 3.36. The molecule has 2 unspecified atom stereocenters. The van der Waals surface area contributed by atoms with Crippen molar-refractivity contribution < 1.29 is 60.8 Å². The average Bonchev–Trinajstić information content (AvgIpc) is 3.09. The highest BCUT2D eigenvalue weighted by Crippen LogP contribution is 2.73. The van der Waals surface area contributed by atoms with Crippen molar-refractivity contribution in [3.63, 3.8) is 0 Å². The summed E-state index contributed by atoms with van der Waals surface area (Å²) in [6, 6.07) is 6.89. The molecule has 5 N–H and O–H groups in total. The van der Waals surface area contributed by atoms with E-state index in [0.717, 1.165) is 18.3 Å². The van der Waals surface area contributed by atoms with Gasteiger partial charge in [0, 0.05) is 17.8 Å². The topological polar surface area (TPSA) is 198 Å². The van der Waals surface area contributed by atoms with Gasteiger partial charge in [0.1, 0.15) is 18.3 Å². The molecule has 19 heteroatoms. The number of aliphatic hydroxyl groups is 2. The fourth-order valence-corrected chi connectivity index (χ4v) is 5.35. The Labute approximate surface area is 203 Å². The van der Waals surface area contributed by atoms with Gasteiger partial charge >= 0.3 is 26.3 Å². The molecule has 1 saturated heterocycles. The molecule has 3 rings (SSSR count). The molecule has 206 valence electrons. The van der Waals surface area contributed by atoms with Crippen LogP contribution in [0.3, 0.4) is 0 Å². The van der Waals surface area contributed by atoms with E-state index in [2.05, 4.69) is 4.52 Å². The number of aliphatic hydroxyl groups excluding tert-OH is 2. The van der Waals surface area contributed by atoms with Crippen molar-refractivity contribution >= 4 is 15.2 Å². The number of rotatable bonds is 9. The fraction of sp³-hybridized carbons (Fsp3) is 0.444. The van der Waals surface area contributed by atoms with Crippen LogP contribution < -0.4 is 11.2 Å². The number of ether oxygens (including phenoxy) is 1. The Morgan fingerprint density at radius 2 is 1.57 bits per heavy atom. The van der Waals surface area contributed by atoms with E-state index in [4.69, 9.17) is 14.5 Å². The van der Waals surface area contributed by atoms with E-state index in [9.17, 15) is 51.4 Å². The number of alkyl halides is 4. The number of hydrogen-bond acceptors (Lipinski definition) is 8. The largest absolute Gasteiger partial charge is 0.443 e. The maximum Gasteiger partial charge on any atom is 0.443 e. The number of aromatic nitrogens is 2. The zero-order valence-electron chi connectivity index (χ0n) is 18.3. The van der Waals surface area contributed by atoms with Crippen LogP contribution in [0, 0.1) is 0 Å². The van der Waals surface area contributed by atoms with Crippen LogP contribution in [0.1, 0.15) is 11.8 Å². The summed E-state index contributed by atoms with van der Waals surface area (Å²) in [5.74, 6) is -3.69. The van der Waals surface area contributed by atoms with E-state index in [1.165, 1.54) is 18.2 Å². The first-order chi connectivity index (χ1) is 16.9. The Balaban J connectivity index is 1.85. The second-order valence-electron chi connectivity index (χ2n) is 7.92. The highest BCUT2D eigenvalue weighted by molar-refractivity contribution is 7.72. The first-order valence-electron chi connectivity index (χ1n) is 10.1. The third-order valence-corrected chi connectivity index (χ3v) is 8.78. The molecular weight excluding hydrogens is 558 g/mol. The lowest BCUT2D eigenvalue weighted by Crippen LogP contribution is -2.45. The van der Waals surface area contributed by atoms with Gasteiger partial charge in [0.05, 0.1) is 13.2 Å². The minimum Gasteiger partial charge on any atom is -0.387 e. The van der Waals surface area contributed by atoms with E-state index >= 15 is 0 Å². The number of nitrogens with zero attached hydrogens (tertiary/aromatic N) is 2. The van der Waals surface area contributed by atoms with Crippen LogP contribution in [0.15, 0.2) is 52.2 Å². The van der Waals surface area contributed by atoms with E-state index < -0.39 is 81.0 Å². The standard InChI is InChI=1S/C18H20F4N2O11P2/c19-17(20,10-4-2-1-3-5-10)9-24-12(25)6-7-23(16(24)28)15-14(27)13(26)11(35-15)8-34-37(32,33)18(21,22)36(29,30)31/h1-7,11,13-15,26-27H,8-9H2,(H,32,33)(H2,29,30,31)/t11-,13?,14+,15-/m1/s1. The second-order valence-corrected chi connectivity index (χ2v) is 11.8. The number of benzene rings is 1. The highest BCUT2D eigenvalue weighted by Gasteiger charge is 2.65. The Morgan fingerprint density at radius 3 is 2.14 bits per heavy atom. The van der Waals surface area contributed by atoms with E-state index in [0.29, 0.717) is 10.6 Å². The molecular formula is C18H20F4N2O11P2. The summed E-state index contributed by atoms with van der Waals surface area (Å²) in [4.78, 5) is 51.5. The van der Waals surface area contributed by atoms with Crippen molar-refractivity contribution in [2.75, 3.05) is 6.61 Å². The number of halogens is 4. The molecule has 0 spiro atoms. The van der Waals surface area contributed by atoms with Crippen LogP contribution in [0.25, 0.3) is 0 Å². The predicted molar refractivity (Wildman–Crippen MR) is 114 cm³/mol. The van der Waals surface area contributed by atoms with Gasteiger partial charge in [-0.2, -0.15) is 17.6 Å². The monoisotopic (exact) mass is 578 g/mol. The second kappa shape index (κ2) is 10.2. The molecule has 0 amide bonds. The minimum atomic E-state index is -6.46. The molecule has 2 aromatic rings. The maximum atomic E-state index is 14.7. The molecule has 1 fully saturated rings. The lowest BCUT2D eigenvalue weighted by Gasteiger charge is -2.24. The van der Waals surface area contributed by atoms with E-state index in [1.807, 2.05) is 0 Å². The molecule has 1 aliphatic heterocycles. The zero-order valence-corrected chi connectivity index (χ0v) is 20.0. The highest BCUT2D eigenvalue weighted by atomic mass is 31.2. The van der Waals surface area contributed by atoms with Crippen molar-refractivity contribution in [1.29, 1.82) is 0 Å². The Hall–Kier alpha value is -2.20. The predicted octanol–water partition coefficient (Wildman–Crippen LogP) is 0.351. The molecule has 0 saturated carbocycles. The third kappa shape index (κ3) is 5.65. The molecule has 1 aliphatic rings. The van der Waals surface area contributed by atoms with Crippen molar-refractivity contribution in [1.82, 2.24) is 9.13 Å². The summed E-state index contributed by atoms with van der Waals surface area (Å²) in [5.41, 5.74) is -3.07. The maximum absolute atomic E-state index is 14.7. The van der Waals surface area contributed by atoms with Crippen LogP contribution in [0.5, 0.6) is 0 Å². The Bertz CT molecular complexity index is 1350. The van der Waals surface area contributed by atoms with Gasteiger partial charge in [0.25, 0.3) is 11.5 Å². The van der Waals surface area contributed by atoms with Crippen molar-refractivity contribution in [2.45, 2.75) is 42.4 Å². The third-order valence-electron chi connectivity index (χ3n) is 5.36. The van der Waals surface area contributed by atoms with Gasteiger partial charge in [-0.3, -0.25) is 23.1 Å². The average molecular weight is 578 g/mol. The van der Waals surface area contributed by atoms with Crippen LogP contribution >= 0.6 is 15.2 Å². The van der Waals surface area contributed by atoms with E-state index in [1.54, 1.807) is 0 Å². The molecule has 13 nitrogen and oxygen atoms in total. The Morgan fingerprint density at radius 1 is 0.973 bits per heavy atom. The molecule has 0 aliphatic carbocycles. The number of hydrogen-bond donors (Lipinski definition) is 5. The van der Waals surface area contributed by atoms with Gasteiger partial charge in [0.2, 0.25) is 0 Å². The lowest BCUT2D eigenvalue weighted by atomic mass is 10.1. The summed E-state index contributed by atoms with van der Waals surface area (Å²) >= 11 is 0. The molecule has 0 bridgehead atoms. The Kier molecular flexibility index (Phi) is 8.07. The van der Waals surface area contributed by atoms with E-state index in [-0.39, 0.29) is 4.57 Å². The van der Waals surface area contributed by atoms with Gasteiger partial charge in [0.15, 0.2) is 6.23 Å². The van der Waals surface area contributed by atoms with Crippen LogP contribution in [-0.4, -0.2) is 64.4 Å². The molecule has 0 radical (unpaired) electrons. The van der Waals surface area contributed by atoms with Gasteiger partial charge in [-0.1, -0.05) is 30.3 Å². The van der Waals surface area contributed by atoms with Crippen molar-refractivity contribution in [3.05, 3.63) is 69.0 Å². The molecule has 37 heavy (non-hydrogen) atoms. The lowest BCUT2D eigenvalue weighted by molar-refractivity contribution is -0.0572. The SMILES string of the molecule is O=c1ccn([C@@H]2O[C@H](COP(=O)(O)C(F)(F)P(=O)(O)O)C(O)[C@@H]2O)c(=O)n1CC(F)(F)c1ccccc1. The van der Waals surface area contributed by atoms with Gasteiger partial charge < -0.3 is 34.2 Å². The molecule has 1 aromatic heterocycles. The quantitative estimate of drug-likeness (QED) is 0.203. The van der Waals surface area contributed by atoms with Crippen LogP contribution in [0.4, 0.5) is 17.6 Å². The first kappa shape index (κ1) is 29.4. The first-order valence-corrected chi connectivity index (χ1v) is 13.3. The smallest absolute Gasteiger partial charge is 0.387 e. The molecule has 2 heterocycles. The van der Waals surface area contributed by atoms with Gasteiger partial charge in [-0.15, -0.1) is 0 Å². The normalized spacial score (nSPS) is 24.7. The van der Waals surface area contributed by atoms with Crippen LogP contribution in [0.2, 0.25) is 0 Å². The molecule has 5 atom stereocenters. The summed E-state index contributed by atoms with van der Waals surface area (Å²) in [6.07, 6.45) is -7.22. The summed E-state index contributed by atoms with van der Waals surface area (Å²) in [6.45, 7) is -2.84. The summed E-state index contributed by atoms with van der Waals surface area (Å²) < 4.78 is 88.8. The van der Waals surface area contributed by atoms with Crippen molar-refractivity contribution in [2.24, 2.45) is 0 Å². The summed E-state index contributed by atoms with van der Waals surface area (Å²) in [7, 11) is -12.8. The minimum absolute atomic E-state index is 0.127. The van der Waals surface area contributed by atoms with Crippen LogP contribution in [-0.2, 0) is 30.9 Å². The van der Waals surface area contributed by atoms with Gasteiger partial charge in [-0.25, -0.2) is 4.79 Å². The summed E-state index contributed by atoms with van der Waals surface area (Å²) in [5, 5.41) is 14.9. The molecule has 1 aromatic carbocycles. The zero-order chi connectivity index (χ0) is 28.0. The van der Waals surface area contributed by atoms with Crippen molar-refractivity contribution in [3.8, 4) is 0 Å². The van der Waals surface area contributed by atoms with Gasteiger partial charge in [-0.05, 0) is 0 Å².